The van der Waals surface area contributed by atoms with Gasteiger partial charge in [-0.25, -0.2) is 4.98 Å². The molecule has 0 aliphatic carbocycles. The van der Waals surface area contributed by atoms with E-state index in [4.69, 9.17) is 10.8 Å². The van der Waals surface area contributed by atoms with Gasteiger partial charge in [0.15, 0.2) is 0 Å². The number of aliphatic hydroxyl groups is 1. The molecule has 0 aliphatic rings. The predicted molar refractivity (Wildman–Crippen MR) is 106 cm³/mol. The Bertz CT molecular complexity index is 757. The number of hydrogen-bond acceptors (Lipinski definition) is 6. The standard InChI is InChI=1S/C20H28N4O3/c1-3-4-16(9-10-25)23-19-17(13(2)22-20(21)24-19)11-14-5-7-15(8-6-14)12-18(26)27/h5-8,16,25H,3-4,9-12H2,1-2H3,(H,26,27)(H3,21,22,23,24)/t16-/m0/s1. The topological polar surface area (TPSA) is 121 Å². The molecule has 0 aliphatic heterocycles. The van der Waals surface area contributed by atoms with Crippen LogP contribution in [0.25, 0.3) is 0 Å². The zero-order valence-electron chi connectivity index (χ0n) is 15.9. The van der Waals surface area contributed by atoms with Gasteiger partial charge in [0.05, 0.1) is 6.42 Å². The minimum absolute atomic E-state index is 0.0109. The number of carboxylic acids is 1. The first kappa shape index (κ1) is 20.6. The number of carboxylic acid groups (broad SMARTS) is 1. The van der Waals surface area contributed by atoms with Crippen molar-refractivity contribution >= 4 is 17.7 Å². The Morgan fingerprint density at radius 1 is 1.19 bits per heavy atom. The molecule has 0 spiro atoms. The van der Waals surface area contributed by atoms with Crippen molar-refractivity contribution in [3.63, 3.8) is 0 Å². The number of nitrogens with zero attached hydrogens (tertiary/aromatic N) is 2. The van der Waals surface area contributed by atoms with Crippen molar-refractivity contribution in [2.45, 2.75) is 52.0 Å². The van der Waals surface area contributed by atoms with E-state index in [1.165, 1.54) is 0 Å². The summed E-state index contributed by atoms with van der Waals surface area (Å²) < 4.78 is 0. The number of aliphatic hydroxyl groups excluding tert-OH is 1. The highest BCUT2D eigenvalue weighted by atomic mass is 16.4. The smallest absolute Gasteiger partial charge is 0.307 e. The summed E-state index contributed by atoms with van der Waals surface area (Å²) in [6.45, 7) is 4.11. The number of anilines is 2. The van der Waals surface area contributed by atoms with Crippen molar-refractivity contribution in [1.29, 1.82) is 0 Å². The Morgan fingerprint density at radius 2 is 1.85 bits per heavy atom. The molecule has 27 heavy (non-hydrogen) atoms. The first-order chi connectivity index (χ1) is 12.9. The van der Waals surface area contributed by atoms with Crippen LogP contribution < -0.4 is 11.1 Å². The van der Waals surface area contributed by atoms with Crippen LogP contribution >= 0.6 is 0 Å². The number of aryl methyl sites for hydroxylation is 1. The van der Waals surface area contributed by atoms with Gasteiger partial charge in [0.25, 0.3) is 0 Å². The van der Waals surface area contributed by atoms with Gasteiger partial charge in [0, 0.05) is 30.3 Å². The lowest BCUT2D eigenvalue weighted by molar-refractivity contribution is -0.136. The van der Waals surface area contributed by atoms with Crippen LogP contribution in [0.5, 0.6) is 0 Å². The molecule has 0 saturated carbocycles. The van der Waals surface area contributed by atoms with Crippen molar-refractivity contribution in [3.8, 4) is 0 Å². The normalized spacial score (nSPS) is 12.0. The van der Waals surface area contributed by atoms with Gasteiger partial charge < -0.3 is 21.3 Å². The molecule has 1 atom stereocenters. The second kappa shape index (κ2) is 9.87. The van der Waals surface area contributed by atoms with Crippen molar-refractivity contribution in [1.82, 2.24) is 9.97 Å². The summed E-state index contributed by atoms with van der Waals surface area (Å²) in [5.74, 6) is 0.0687. The summed E-state index contributed by atoms with van der Waals surface area (Å²) >= 11 is 0. The molecule has 5 N–H and O–H groups in total. The van der Waals surface area contributed by atoms with Crippen molar-refractivity contribution in [2.24, 2.45) is 0 Å². The molecular weight excluding hydrogens is 344 g/mol. The Kier molecular flexibility index (Phi) is 7.55. The van der Waals surface area contributed by atoms with Gasteiger partial charge >= 0.3 is 5.97 Å². The maximum Gasteiger partial charge on any atom is 0.307 e. The van der Waals surface area contributed by atoms with Crippen LogP contribution in [0.15, 0.2) is 24.3 Å². The minimum atomic E-state index is -0.845. The van der Waals surface area contributed by atoms with E-state index in [1.54, 1.807) is 0 Å². The molecule has 146 valence electrons. The van der Waals surface area contributed by atoms with E-state index >= 15 is 0 Å². The largest absolute Gasteiger partial charge is 0.481 e. The second-order valence-electron chi connectivity index (χ2n) is 6.70. The molecular formula is C20H28N4O3. The number of carbonyl (C=O) groups is 1. The van der Waals surface area contributed by atoms with E-state index in [0.717, 1.165) is 35.2 Å². The zero-order valence-corrected chi connectivity index (χ0v) is 15.9. The van der Waals surface area contributed by atoms with Crippen LogP contribution in [-0.4, -0.2) is 38.8 Å². The molecule has 0 unspecified atom stereocenters. The molecule has 0 radical (unpaired) electrons. The van der Waals surface area contributed by atoms with Crippen molar-refractivity contribution in [3.05, 3.63) is 46.6 Å². The summed E-state index contributed by atoms with van der Waals surface area (Å²) in [5, 5.41) is 21.6. The average Bonchev–Trinajstić information content (AvgIpc) is 2.59. The molecule has 7 heteroatoms. The molecule has 2 rings (SSSR count). The maximum absolute atomic E-state index is 10.8. The highest BCUT2D eigenvalue weighted by Gasteiger charge is 2.15. The summed E-state index contributed by atoms with van der Waals surface area (Å²) in [7, 11) is 0. The molecule has 0 saturated heterocycles. The third-order valence-electron chi connectivity index (χ3n) is 4.45. The third kappa shape index (κ3) is 6.21. The molecule has 0 bridgehead atoms. The van der Waals surface area contributed by atoms with Crippen molar-refractivity contribution in [2.75, 3.05) is 17.7 Å². The molecule has 0 amide bonds. The van der Waals surface area contributed by atoms with Gasteiger partial charge in [-0.2, -0.15) is 4.98 Å². The second-order valence-corrected chi connectivity index (χ2v) is 6.70. The number of nitrogens with one attached hydrogen (secondary N) is 1. The Hall–Kier alpha value is -2.67. The maximum atomic E-state index is 10.8. The molecule has 0 fully saturated rings. The van der Waals surface area contributed by atoms with Crippen LogP contribution in [0.4, 0.5) is 11.8 Å². The van der Waals surface area contributed by atoms with Gasteiger partial charge in [-0.15, -0.1) is 0 Å². The van der Waals surface area contributed by atoms with Crippen LogP contribution in [0.2, 0.25) is 0 Å². The SMILES string of the molecule is CCC[C@@H](CCO)Nc1nc(N)nc(C)c1Cc1ccc(CC(=O)O)cc1. The molecule has 1 heterocycles. The lowest BCUT2D eigenvalue weighted by atomic mass is 10.0. The number of aromatic nitrogens is 2. The number of nitrogens with two attached hydrogens (primary N) is 1. The van der Waals surface area contributed by atoms with Gasteiger partial charge in [-0.3, -0.25) is 4.79 Å². The Morgan fingerprint density at radius 3 is 2.44 bits per heavy atom. The van der Waals surface area contributed by atoms with Crippen LogP contribution in [0.3, 0.4) is 0 Å². The molecule has 1 aromatic carbocycles. The fourth-order valence-corrected chi connectivity index (χ4v) is 3.09. The van der Waals surface area contributed by atoms with Crippen molar-refractivity contribution < 1.29 is 15.0 Å². The van der Waals surface area contributed by atoms with Crippen LogP contribution in [-0.2, 0) is 17.6 Å². The van der Waals surface area contributed by atoms with E-state index in [2.05, 4.69) is 22.2 Å². The predicted octanol–water partition coefficient (Wildman–Crippen LogP) is 2.55. The number of rotatable bonds is 10. The number of benzene rings is 1. The van der Waals surface area contributed by atoms with Gasteiger partial charge in [-0.05, 0) is 30.9 Å². The van der Waals surface area contributed by atoms with E-state index in [1.807, 2.05) is 31.2 Å². The van der Waals surface area contributed by atoms with Gasteiger partial charge in [0.1, 0.15) is 5.82 Å². The summed E-state index contributed by atoms with van der Waals surface area (Å²) in [4.78, 5) is 19.5. The van der Waals surface area contributed by atoms with Gasteiger partial charge in [-0.1, -0.05) is 37.6 Å². The number of nitrogen functional groups attached to an aromatic ring is 1. The first-order valence-corrected chi connectivity index (χ1v) is 9.22. The molecule has 7 nitrogen and oxygen atoms in total. The molecule has 1 aromatic heterocycles. The third-order valence-corrected chi connectivity index (χ3v) is 4.45. The lowest BCUT2D eigenvalue weighted by Crippen LogP contribution is -2.23. The number of hydrogen-bond donors (Lipinski definition) is 4. The van der Waals surface area contributed by atoms with E-state index in [0.29, 0.717) is 18.7 Å². The number of aliphatic carboxylic acids is 1. The van der Waals surface area contributed by atoms with E-state index in [9.17, 15) is 9.90 Å². The zero-order chi connectivity index (χ0) is 19.8. The monoisotopic (exact) mass is 372 g/mol. The fourth-order valence-electron chi connectivity index (χ4n) is 3.09. The fraction of sp³-hybridized carbons (Fsp3) is 0.450. The van der Waals surface area contributed by atoms with Crippen LogP contribution in [0, 0.1) is 6.92 Å². The Balaban J connectivity index is 2.25. The lowest BCUT2D eigenvalue weighted by Gasteiger charge is -2.21. The quantitative estimate of drug-likeness (QED) is 0.505. The highest BCUT2D eigenvalue weighted by molar-refractivity contribution is 5.70. The summed E-state index contributed by atoms with van der Waals surface area (Å²) in [5.41, 5.74) is 9.41. The average molecular weight is 372 g/mol. The van der Waals surface area contributed by atoms with Crippen LogP contribution in [0.1, 0.15) is 48.6 Å². The first-order valence-electron chi connectivity index (χ1n) is 9.22. The van der Waals surface area contributed by atoms with E-state index in [-0.39, 0.29) is 25.0 Å². The Labute approximate surface area is 159 Å². The summed E-state index contributed by atoms with van der Waals surface area (Å²) in [6, 6.07) is 7.63. The minimum Gasteiger partial charge on any atom is -0.481 e. The molecule has 2 aromatic rings. The van der Waals surface area contributed by atoms with E-state index < -0.39 is 5.97 Å². The van der Waals surface area contributed by atoms with Gasteiger partial charge in [0.2, 0.25) is 5.95 Å². The summed E-state index contributed by atoms with van der Waals surface area (Å²) in [6.07, 6.45) is 3.18. The highest BCUT2D eigenvalue weighted by Crippen LogP contribution is 2.23.